The molecule has 0 aliphatic carbocycles. The van der Waals surface area contributed by atoms with Gasteiger partial charge in [0.05, 0.1) is 11.5 Å². The minimum Gasteiger partial charge on any atom is -0.381 e. The zero-order chi connectivity index (χ0) is 14.0. The summed E-state index contributed by atoms with van der Waals surface area (Å²) in [5.74, 6) is 0.611. The summed E-state index contributed by atoms with van der Waals surface area (Å²) in [7, 11) is -2.84. The van der Waals surface area contributed by atoms with Crippen molar-refractivity contribution in [1.29, 1.82) is 0 Å². The van der Waals surface area contributed by atoms with Crippen molar-refractivity contribution in [3.63, 3.8) is 0 Å². The maximum absolute atomic E-state index is 11.6. The Morgan fingerprint density at radius 1 is 1.05 bits per heavy atom. The average molecular weight is 294 g/mol. The van der Waals surface area contributed by atoms with Crippen LogP contribution in [0.15, 0.2) is 24.3 Å². The van der Waals surface area contributed by atoms with Gasteiger partial charge in [0.2, 0.25) is 0 Å². The fourth-order valence-electron chi connectivity index (χ4n) is 3.12. The second-order valence-corrected chi connectivity index (χ2v) is 8.07. The molecule has 1 unspecified atom stereocenters. The number of nitrogens with zero attached hydrogens (tertiary/aromatic N) is 1. The molecule has 0 radical (unpaired) electrons. The molecule has 3 rings (SSSR count). The molecular formula is C15H22N2O2S. The molecule has 1 N–H and O–H groups in total. The van der Waals surface area contributed by atoms with Crippen LogP contribution >= 0.6 is 0 Å². The van der Waals surface area contributed by atoms with Crippen molar-refractivity contribution in [3.05, 3.63) is 24.3 Å². The van der Waals surface area contributed by atoms with Gasteiger partial charge in [0, 0.05) is 30.5 Å². The summed E-state index contributed by atoms with van der Waals surface area (Å²) in [4.78, 5) is 2.40. The summed E-state index contributed by atoms with van der Waals surface area (Å²) >= 11 is 0. The lowest BCUT2D eigenvalue weighted by atomic mass is 10.1. The molecule has 4 nitrogen and oxygen atoms in total. The molecule has 1 aromatic carbocycles. The zero-order valence-corrected chi connectivity index (χ0v) is 12.5. The second kappa shape index (κ2) is 5.64. The normalized spacial score (nSPS) is 25.6. The third kappa shape index (κ3) is 3.26. The Balaban J connectivity index is 1.63. The van der Waals surface area contributed by atoms with Gasteiger partial charge in [-0.3, -0.25) is 0 Å². The standard InChI is InChI=1S/C15H22N2O2S/c18-20(19)11-3-4-14(12-20)16-13-5-7-15(8-6-13)17-9-1-2-10-17/h5-8,14,16H,1-4,9-12H2. The van der Waals surface area contributed by atoms with Crippen LogP contribution in [-0.2, 0) is 9.84 Å². The molecule has 0 saturated carbocycles. The van der Waals surface area contributed by atoms with Crippen molar-refractivity contribution >= 4 is 21.2 Å². The molecule has 2 fully saturated rings. The number of benzene rings is 1. The summed E-state index contributed by atoms with van der Waals surface area (Å²) in [6, 6.07) is 8.45. The van der Waals surface area contributed by atoms with Gasteiger partial charge in [0.25, 0.3) is 0 Å². The fourth-order valence-corrected chi connectivity index (χ4v) is 4.75. The minimum atomic E-state index is -2.84. The molecular weight excluding hydrogens is 272 g/mol. The SMILES string of the molecule is O=S1(=O)CCCC(Nc2ccc(N3CCCC3)cc2)C1. The van der Waals surface area contributed by atoms with E-state index in [1.165, 1.54) is 18.5 Å². The molecule has 20 heavy (non-hydrogen) atoms. The van der Waals surface area contributed by atoms with Crippen molar-refractivity contribution in [2.45, 2.75) is 31.7 Å². The molecule has 2 aliphatic heterocycles. The van der Waals surface area contributed by atoms with Crippen LogP contribution in [0.4, 0.5) is 11.4 Å². The first-order chi connectivity index (χ1) is 9.62. The molecule has 0 bridgehead atoms. The van der Waals surface area contributed by atoms with E-state index in [-0.39, 0.29) is 11.8 Å². The first kappa shape index (κ1) is 13.7. The summed E-state index contributed by atoms with van der Waals surface area (Å²) < 4.78 is 23.3. The Labute approximate surface area is 121 Å². The smallest absolute Gasteiger partial charge is 0.152 e. The fraction of sp³-hybridized carbons (Fsp3) is 0.600. The molecule has 1 aromatic rings. The van der Waals surface area contributed by atoms with Gasteiger partial charge >= 0.3 is 0 Å². The van der Waals surface area contributed by atoms with Crippen LogP contribution in [-0.4, -0.2) is 39.1 Å². The van der Waals surface area contributed by atoms with E-state index in [2.05, 4.69) is 34.5 Å². The van der Waals surface area contributed by atoms with Crippen molar-refractivity contribution in [1.82, 2.24) is 0 Å². The first-order valence-electron chi connectivity index (χ1n) is 7.44. The Morgan fingerprint density at radius 3 is 2.40 bits per heavy atom. The highest BCUT2D eigenvalue weighted by molar-refractivity contribution is 7.91. The van der Waals surface area contributed by atoms with Crippen LogP contribution in [0.5, 0.6) is 0 Å². The van der Waals surface area contributed by atoms with Crippen molar-refractivity contribution in [3.8, 4) is 0 Å². The minimum absolute atomic E-state index is 0.0615. The number of anilines is 2. The van der Waals surface area contributed by atoms with Gasteiger partial charge in [-0.15, -0.1) is 0 Å². The highest BCUT2D eigenvalue weighted by Crippen LogP contribution is 2.23. The number of hydrogen-bond acceptors (Lipinski definition) is 4. The summed E-state index contributed by atoms with van der Waals surface area (Å²) in [5.41, 5.74) is 2.29. The molecule has 1 atom stereocenters. The summed E-state index contributed by atoms with van der Waals surface area (Å²) in [6.45, 7) is 2.29. The van der Waals surface area contributed by atoms with Crippen LogP contribution in [0.25, 0.3) is 0 Å². The van der Waals surface area contributed by atoms with Gasteiger partial charge < -0.3 is 10.2 Å². The van der Waals surface area contributed by atoms with E-state index in [1.807, 2.05) is 0 Å². The Morgan fingerprint density at radius 2 is 1.75 bits per heavy atom. The van der Waals surface area contributed by atoms with E-state index in [4.69, 9.17) is 0 Å². The van der Waals surface area contributed by atoms with Crippen molar-refractivity contribution in [2.75, 3.05) is 34.8 Å². The zero-order valence-electron chi connectivity index (χ0n) is 11.7. The van der Waals surface area contributed by atoms with Crippen LogP contribution in [0, 0.1) is 0 Å². The van der Waals surface area contributed by atoms with Crippen LogP contribution in [0.3, 0.4) is 0 Å². The van der Waals surface area contributed by atoms with Gasteiger partial charge in [-0.05, 0) is 49.9 Å². The van der Waals surface area contributed by atoms with Gasteiger partial charge in [0.15, 0.2) is 9.84 Å². The molecule has 2 aliphatic rings. The molecule has 2 saturated heterocycles. The second-order valence-electron chi connectivity index (χ2n) is 5.84. The summed E-state index contributed by atoms with van der Waals surface area (Å²) in [6.07, 6.45) is 4.26. The molecule has 2 heterocycles. The van der Waals surface area contributed by atoms with E-state index in [9.17, 15) is 8.42 Å². The van der Waals surface area contributed by atoms with Gasteiger partial charge in [0.1, 0.15) is 0 Å². The molecule has 0 spiro atoms. The third-order valence-electron chi connectivity index (χ3n) is 4.17. The van der Waals surface area contributed by atoms with Gasteiger partial charge in [-0.25, -0.2) is 8.42 Å². The highest BCUT2D eigenvalue weighted by atomic mass is 32.2. The first-order valence-corrected chi connectivity index (χ1v) is 9.26. The Kier molecular flexibility index (Phi) is 3.87. The number of nitrogens with one attached hydrogen (secondary N) is 1. The van der Waals surface area contributed by atoms with Crippen LogP contribution < -0.4 is 10.2 Å². The van der Waals surface area contributed by atoms with E-state index in [0.29, 0.717) is 5.75 Å². The number of hydrogen-bond donors (Lipinski definition) is 1. The molecule has 0 amide bonds. The third-order valence-corrected chi connectivity index (χ3v) is 5.99. The van der Waals surface area contributed by atoms with Crippen molar-refractivity contribution in [2.24, 2.45) is 0 Å². The largest absolute Gasteiger partial charge is 0.381 e. The van der Waals surface area contributed by atoms with Crippen LogP contribution in [0.1, 0.15) is 25.7 Å². The highest BCUT2D eigenvalue weighted by Gasteiger charge is 2.24. The maximum atomic E-state index is 11.6. The topological polar surface area (TPSA) is 49.4 Å². The van der Waals surface area contributed by atoms with E-state index in [0.717, 1.165) is 31.6 Å². The lowest BCUT2D eigenvalue weighted by Gasteiger charge is -2.24. The molecule has 110 valence electrons. The lowest BCUT2D eigenvalue weighted by Crippen LogP contribution is -2.34. The molecule has 5 heteroatoms. The van der Waals surface area contributed by atoms with Crippen molar-refractivity contribution < 1.29 is 8.42 Å². The van der Waals surface area contributed by atoms with Gasteiger partial charge in [-0.2, -0.15) is 0 Å². The monoisotopic (exact) mass is 294 g/mol. The predicted molar refractivity (Wildman–Crippen MR) is 83.2 cm³/mol. The quantitative estimate of drug-likeness (QED) is 0.929. The number of rotatable bonds is 3. The van der Waals surface area contributed by atoms with Gasteiger partial charge in [-0.1, -0.05) is 0 Å². The molecule has 0 aromatic heterocycles. The summed E-state index contributed by atoms with van der Waals surface area (Å²) in [5, 5.41) is 3.36. The van der Waals surface area contributed by atoms with E-state index in [1.54, 1.807) is 0 Å². The Hall–Kier alpha value is -1.23. The maximum Gasteiger partial charge on any atom is 0.152 e. The number of sulfone groups is 1. The lowest BCUT2D eigenvalue weighted by molar-refractivity contribution is 0.562. The van der Waals surface area contributed by atoms with Crippen LogP contribution in [0.2, 0.25) is 0 Å². The van der Waals surface area contributed by atoms with E-state index >= 15 is 0 Å². The Bertz CT molecular complexity index is 548. The average Bonchev–Trinajstić information content (AvgIpc) is 2.92. The predicted octanol–water partition coefficient (Wildman–Crippen LogP) is 2.28. The van der Waals surface area contributed by atoms with E-state index < -0.39 is 9.84 Å².